The summed E-state index contributed by atoms with van der Waals surface area (Å²) in [5, 5.41) is 23.9. The van der Waals surface area contributed by atoms with Gasteiger partial charge in [0.1, 0.15) is 17.4 Å². The van der Waals surface area contributed by atoms with Crippen LogP contribution < -0.4 is 5.32 Å². The molecule has 202 valence electrons. The van der Waals surface area contributed by atoms with Gasteiger partial charge in [0.2, 0.25) is 5.95 Å². The highest BCUT2D eigenvalue weighted by molar-refractivity contribution is 5.79. The number of aliphatic hydroxyl groups is 2. The molecule has 0 amide bonds. The highest BCUT2D eigenvalue weighted by Gasteiger charge is 2.23. The maximum absolute atomic E-state index is 13.8. The van der Waals surface area contributed by atoms with Crippen LogP contribution in [0.3, 0.4) is 0 Å². The summed E-state index contributed by atoms with van der Waals surface area (Å²) in [4.78, 5) is 25.3. The Morgan fingerprint density at radius 2 is 1.77 bits per heavy atom. The Hall–Kier alpha value is -4.21. The summed E-state index contributed by atoms with van der Waals surface area (Å²) < 4.78 is 15.6. The lowest BCUT2D eigenvalue weighted by Gasteiger charge is -2.14. The van der Waals surface area contributed by atoms with Crippen LogP contribution in [-0.4, -0.2) is 47.7 Å². The number of Topliss-reactive ketones (excluding diaryl/α,β-unsaturated/α-hetero) is 1. The summed E-state index contributed by atoms with van der Waals surface area (Å²) in [7, 11) is 0. The molecule has 0 saturated carbocycles. The van der Waals surface area contributed by atoms with E-state index in [4.69, 9.17) is 9.97 Å². The van der Waals surface area contributed by atoms with Gasteiger partial charge in [0.25, 0.3) is 0 Å². The van der Waals surface area contributed by atoms with Crippen LogP contribution in [0.1, 0.15) is 45.4 Å². The zero-order valence-electron chi connectivity index (χ0n) is 22.1. The Kier molecular flexibility index (Phi) is 8.96. The van der Waals surface area contributed by atoms with Crippen molar-refractivity contribution in [1.82, 2.24) is 19.5 Å². The molecule has 8 nitrogen and oxygen atoms in total. The van der Waals surface area contributed by atoms with Gasteiger partial charge in [0, 0.05) is 42.4 Å². The molecule has 9 heteroatoms. The van der Waals surface area contributed by atoms with Gasteiger partial charge in [-0.25, -0.2) is 19.3 Å². The summed E-state index contributed by atoms with van der Waals surface area (Å²) in [5.74, 6) is 0.580. The molecule has 2 heterocycles. The van der Waals surface area contributed by atoms with E-state index in [2.05, 4.69) is 10.3 Å². The number of nitrogens with zero attached hydrogens (tertiary/aromatic N) is 4. The molecule has 39 heavy (non-hydrogen) atoms. The zero-order chi connectivity index (χ0) is 27.9. The number of hydrogen-bond acceptors (Lipinski definition) is 7. The second-order valence-corrected chi connectivity index (χ2v) is 9.66. The van der Waals surface area contributed by atoms with Crippen molar-refractivity contribution in [1.29, 1.82) is 0 Å². The van der Waals surface area contributed by atoms with Gasteiger partial charge in [-0.15, -0.1) is 0 Å². The average Bonchev–Trinajstić information content (AvgIpc) is 3.28. The number of hydrogen-bond donors (Lipinski definition) is 3. The Morgan fingerprint density at radius 1 is 1.05 bits per heavy atom. The number of aliphatic hydroxyl groups excluding tert-OH is 2. The number of anilines is 2. The number of benzene rings is 2. The molecule has 0 spiro atoms. The van der Waals surface area contributed by atoms with Gasteiger partial charge in [-0.2, -0.15) is 0 Å². The maximum Gasteiger partial charge on any atom is 0.227 e. The van der Waals surface area contributed by atoms with Crippen molar-refractivity contribution in [2.75, 3.05) is 5.32 Å². The Morgan fingerprint density at radius 3 is 2.44 bits per heavy atom. The van der Waals surface area contributed by atoms with E-state index in [1.807, 2.05) is 48.7 Å². The maximum atomic E-state index is 13.8. The highest BCUT2D eigenvalue weighted by atomic mass is 19.1. The van der Waals surface area contributed by atoms with Crippen molar-refractivity contribution in [2.45, 2.75) is 51.7 Å². The summed E-state index contributed by atoms with van der Waals surface area (Å²) >= 11 is 0. The predicted octanol–water partition coefficient (Wildman–Crippen LogP) is 5.57. The molecule has 0 fully saturated rings. The second-order valence-electron chi connectivity index (χ2n) is 9.66. The van der Waals surface area contributed by atoms with Gasteiger partial charge in [0.05, 0.1) is 29.3 Å². The number of rotatable bonds is 11. The third-order valence-electron chi connectivity index (χ3n) is 5.99. The second kappa shape index (κ2) is 12.6. The number of halogens is 1. The molecule has 2 atom stereocenters. The minimum Gasteiger partial charge on any atom is -0.393 e. The van der Waals surface area contributed by atoms with Crippen molar-refractivity contribution in [3.05, 3.63) is 84.6 Å². The van der Waals surface area contributed by atoms with E-state index in [1.165, 1.54) is 19.1 Å². The molecule has 0 aliphatic carbocycles. The SMILES string of the molecule is CC(=O)C[C@H](O)C[C@H](O)/C=C/n1c(C(C)C)nc(-c2ccc(F)cc2)c1-c1ccnc(Nc2ccccc2)n1. The lowest BCUT2D eigenvalue weighted by molar-refractivity contribution is -0.119. The van der Waals surface area contributed by atoms with Crippen LogP contribution in [0.4, 0.5) is 16.0 Å². The molecule has 0 aliphatic heterocycles. The quantitative estimate of drug-likeness (QED) is 0.233. The molecule has 3 N–H and O–H groups in total. The molecule has 0 bridgehead atoms. The standard InChI is InChI=1S/C30H32FN5O3/c1-19(2)29-35-27(21-9-11-22(31)12-10-21)28(36(29)16-14-24(38)18-25(39)17-20(3)37)26-13-15-32-30(34-26)33-23-7-5-4-6-8-23/h4-16,19,24-25,38-39H,17-18H2,1-3H3,(H,32,33,34)/b16-14+/t24-,25+/m1/s1. The van der Waals surface area contributed by atoms with Gasteiger partial charge in [0.15, 0.2) is 0 Å². The van der Waals surface area contributed by atoms with Crippen LogP contribution in [0.15, 0.2) is 72.9 Å². The molecule has 0 unspecified atom stereocenters. The fraction of sp³-hybridized carbons (Fsp3) is 0.267. The monoisotopic (exact) mass is 529 g/mol. The van der Waals surface area contributed by atoms with Crippen molar-refractivity contribution in [2.24, 2.45) is 0 Å². The Balaban J connectivity index is 1.80. The van der Waals surface area contributed by atoms with Crippen LogP contribution in [-0.2, 0) is 4.79 Å². The Labute approximate surface area is 226 Å². The minimum atomic E-state index is -0.996. The van der Waals surface area contributed by atoms with Gasteiger partial charge in [-0.05, 0) is 55.5 Å². The van der Waals surface area contributed by atoms with E-state index < -0.39 is 12.2 Å². The normalized spacial score (nSPS) is 13.1. The molecule has 2 aromatic carbocycles. The van der Waals surface area contributed by atoms with E-state index in [1.54, 1.807) is 36.7 Å². The topological polar surface area (TPSA) is 113 Å². The lowest BCUT2D eigenvalue weighted by atomic mass is 10.1. The van der Waals surface area contributed by atoms with Gasteiger partial charge >= 0.3 is 0 Å². The third-order valence-corrected chi connectivity index (χ3v) is 5.99. The average molecular weight is 530 g/mol. The number of carbonyl (C=O) groups excluding carboxylic acids is 1. The number of imidazole rings is 1. The molecule has 0 radical (unpaired) electrons. The molecule has 2 aromatic heterocycles. The van der Waals surface area contributed by atoms with Crippen molar-refractivity contribution in [3.63, 3.8) is 0 Å². The van der Waals surface area contributed by atoms with E-state index in [0.717, 1.165) is 5.69 Å². The fourth-order valence-corrected chi connectivity index (χ4v) is 4.22. The van der Waals surface area contributed by atoms with Crippen LogP contribution in [0.5, 0.6) is 0 Å². The summed E-state index contributed by atoms with van der Waals surface area (Å²) in [6.45, 7) is 5.40. The van der Waals surface area contributed by atoms with Gasteiger partial charge in [-0.1, -0.05) is 32.0 Å². The van der Waals surface area contributed by atoms with Crippen LogP contribution in [0, 0.1) is 5.82 Å². The van der Waals surface area contributed by atoms with E-state index in [-0.39, 0.29) is 30.4 Å². The zero-order valence-corrected chi connectivity index (χ0v) is 22.1. The lowest BCUT2D eigenvalue weighted by Crippen LogP contribution is -2.18. The molecule has 0 aliphatic rings. The van der Waals surface area contributed by atoms with Crippen LogP contribution >= 0.6 is 0 Å². The van der Waals surface area contributed by atoms with E-state index in [9.17, 15) is 19.4 Å². The molecule has 4 aromatic rings. The number of carbonyl (C=O) groups is 1. The first kappa shape index (κ1) is 27.8. The third kappa shape index (κ3) is 7.22. The largest absolute Gasteiger partial charge is 0.393 e. The van der Waals surface area contributed by atoms with E-state index in [0.29, 0.717) is 34.4 Å². The van der Waals surface area contributed by atoms with Crippen molar-refractivity contribution in [3.8, 4) is 22.6 Å². The predicted molar refractivity (Wildman–Crippen MR) is 150 cm³/mol. The summed E-state index contributed by atoms with van der Waals surface area (Å²) in [6, 6.07) is 17.4. The first-order valence-corrected chi connectivity index (χ1v) is 12.8. The molecule has 0 saturated heterocycles. The molecule has 4 rings (SSSR count). The number of aromatic nitrogens is 4. The summed E-state index contributed by atoms with van der Waals surface area (Å²) in [6.07, 6.45) is 2.94. The smallest absolute Gasteiger partial charge is 0.227 e. The van der Waals surface area contributed by atoms with Crippen molar-refractivity contribution >= 4 is 23.6 Å². The van der Waals surface area contributed by atoms with Crippen LogP contribution in [0.25, 0.3) is 28.8 Å². The van der Waals surface area contributed by atoms with Gasteiger partial charge in [-0.3, -0.25) is 4.79 Å². The number of nitrogens with one attached hydrogen (secondary N) is 1. The highest BCUT2D eigenvalue weighted by Crippen LogP contribution is 2.35. The first-order valence-electron chi connectivity index (χ1n) is 12.8. The first-order chi connectivity index (χ1) is 18.7. The molecular weight excluding hydrogens is 497 g/mol. The van der Waals surface area contributed by atoms with Crippen molar-refractivity contribution < 1.29 is 19.4 Å². The van der Waals surface area contributed by atoms with Gasteiger partial charge < -0.3 is 20.1 Å². The van der Waals surface area contributed by atoms with Crippen LogP contribution in [0.2, 0.25) is 0 Å². The van der Waals surface area contributed by atoms with E-state index >= 15 is 0 Å². The molecular formula is C30H32FN5O3. The Bertz CT molecular complexity index is 1430. The minimum absolute atomic E-state index is 0.00760. The number of para-hydroxylation sites is 1. The number of ketones is 1. The summed E-state index contributed by atoms with van der Waals surface area (Å²) in [5.41, 5.74) is 3.33. The fourth-order valence-electron chi connectivity index (χ4n) is 4.22.